The highest BCUT2D eigenvalue weighted by Gasteiger charge is 2.37. The second kappa shape index (κ2) is 14.0. The van der Waals surface area contributed by atoms with E-state index in [2.05, 4.69) is 30.4 Å². The standard InChI is InChI=1S/C39H45FN12O4/c1-46(2)37(55)30-17-23-19-42-38(45-35(23)51(30)24-7-4-5-8-24)43-32-18-26(40)31(20-41-32)49-15-13-48(14-16-49)25-21-50(22-25)27-9-6-10-28-34(27)47(3)39(56)52(28)29-11-12-33(53)44-36(29)54/h6,9-10,17-20,24-25,29H,4-5,7-8,11-16,21-22H2,1-3H3,(H,44,53,54)(H,41,42,43,45). The fourth-order valence-electron chi connectivity index (χ4n) is 8.95. The first-order chi connectivity index (χ1) is 27.0. The van der Waals surface area contributed by atoms with Crippen molar-refractivity contribution in [3.63, 3.8) is 0 Å². The number of benzene rings is 1. The third-order valence-corrected chi connectivity index (χ3v) is 11.9. The summed E-state index contributed by atoms with van der Waals surface area (Å²) >= 11 is 0. The number of imidazole rings is 1. The monoisotopic (exact) mass is 764 g/mol. The molecule has 0 radical (unpaired) electrons. The van der Waals surface area contributed by atoms with Gasteiger partial charge in [0, 0.05) is 96.6 Å². The molecule has 1 unspecified atom stereocenters. The van der Waals surface area contributed by atoms with Crippen LogP contribution in [0, 0.1) is 5.82 Å². The van der Waals surface area contributed by atoms with E-state index in [1.54, 1.807) is 43.0 Å². The molecule has 4 aromatic heterocycles. The van der Waals surface area contributed by atoms with Crippen molar-refractivity contribution in [3.05, 3.63) is 64.7 Å². The molecule has 9 rings (SSSR count). The second-order valence-corrected chi connectivity index (χ2v) is 15.6. The number of halogens is 1. The van der Waals surface area contributed by atoms with Gasteiger partial charge in [0.05, 0.1) is 28.6 Å². The van der Waals surface area contributed by atoms with Crippen LogP contribution in [0.4, 0.5) is 27.5 Å². The molecule has 4 fully saturated rings. The Morgan fingerprint density at radius 2 is 1.68 bits per heavy atom. The number of aryl methyl sites for hydroxylation is 1. The van der Waals surface area contributed by atoms with Gasteiger partial charge in [0.15, 0.2) is 5.82 Å². The highest BCUT2D eigenvalue weighted by atomic mass is 19.1. The highest BCUT2D eigenvalue weighted by molar-refractivity contribution is 6.01. The van der Waals surface area contributed by atoms with E-state index in [9.17, 15) is 19.2 Å². The molecule has 292 valence electrons. The number of aromatic nitrogens is 6. The fraction of sp³-hybridized carbons (Fsp3) is 0.462. The largest absolute Gasteiger partial charge is 0.367 e. The molecular formula is C39H45FN12O4. The number of piperazine rings is 1. The van der Waals surface area contributed by atoms with E-state index in [-0.39, 0.29) is 48.2 Å². The average Bonchev–Trinajstić information content (AvgIpc) is 3.88. The van der Waals surface area contributed by atoms with Crippen LogP contribution in [0.5, 0.6) is 0 Å². The van der Waals surface area contributed by atoms with Gasteiger partial charge in [-0.15, -0.1) is 0 Å². The number of carbonyl (C=O) groups is 3. The summed E-state index contributed by atoms with van der Waals surface area (Å²) in [6, 6.07) is 8.74. The minimum atomic E-state index is -0.730. The predicted molar refractivity (Wildman–Crippen MR) is 209 cm³/mol. The molecule has 3 amide bonds. The number of hydrogen-bond donors (Lipinski definition) is 2. The molecule has 5 aromatic rings. The molecule has 1 atom stereocenters. The molecular weight excluding hydrogens is 720 g/mol. The zero-order valence-corrected chi connectivity index (χ0v) is 31.7. The number of piperidine rings is 1. The lowest BCUT2D eigenvalue weighted by molar-refractivity contribution is -0.135. The van der Waals surface area contributed by atoms with Gasteiger partial charge < -0.3 is 24.6 Å². The van der Waals surface area contributed by atoms with Crippen LogP contribution in [0.1, 0.15) is 61.1 Å². The van der Waals surface area contributed by atoms with E-state index in [0.717, 1.165) is 68.5 Å². The predicted octanol–water partition coefficient (Wildman–Crippen LogP) is 3.17. The maximum atomic E-state index is 15.7. The molecule has 1 saturated carbocycles. The Hall–Kier alpha value is -5.84. The summed E-state index contributed by atoms with van der Waals surface area (Å²) < 4.78 is 20.8. The third kappa shape index (κ3) is 6.13. The summed E-state index contributed by atoms with van der Waals surface area (Å²) in [6.07, 6.45) is 7.90. The number of nitrogens with zero attached hydrogens (tertiary/aromatic N) is 10. The molecule has 17 heteroatoms. The number of para-hydroxylation sites is 1. The van der Waals surface area contributed by atoms with Crippen molar-refractivity contribution in [2.45, 2.75) is 56.7 Å². The topological polar surface area (TPSA) is 159 Å². The molecule has 56 heavy (non-hydrogen) atoms. The smallest absolute Gasteiger partial charge is 0.329 e. The lowest BCUT2D eigenvalue weighted by Gasteiger charge is -2.49. The zero-order valence-electron chi connectivity index (χ0n) is 31.7. The van der Waals surface area contributed by atoms with Gasteiger partial charge in [0.25, 0.3) is 5.91 Å². The van der Waals surface area contributed by atoms with Crippen LogP contribution >= 0.6 is 0 Å². The first-order valence-corrected chi connectivity index (χ1v) is 19.4. The van der Waals surface area contributed by atoms with Gasteiger partial charge >= 0.3 is 5.69 Å². The molecule has 0 bridgehead atoms. The van der Waals surface area contributed by atoms with Crippen molar-refractivity contribution in [1.82, 2.24) is 43.8 Å². The quantitative estimate of drug-likeness (QED) is 0.224. The normalized spacial score (nSPS) is 19.9. The Bertz CT molecular complexity index is 2440. The number of rotatable bonds is 8. The Labute approximate surface area is 321 Å². The Morgan fingerprint density at radius 3 is 2.39 bits per heavy atom. The van der Waals surface area contributed by atoms with Crippen molar-refractivity contribution < 1.29 is 18.8 Å². The van der Waals surface area contributed by atoms with Crippen LogP contribution < -0.4 is 26.1 Å². The Kier molecular flexibility index (Phi) is 8.98. The van der Waals surface area contributed by atoms with Crippen LogP contribution in [0.3, 0.4) is 0 Å². The van der Waals surface area contributed by atoms with Gasteiger partial charge in [-0.25, -0.2) is 19.2 Å². The van der Waals surface area contributed by atoms with E-state index >= 15 is 4.39 Å². The van der Waals surface area contributed by atoms with E-state index in [4.69, 9.17) is 4.98 Å². The van der Waals surface area contributed by atoms with E-state index in [0.29, 0.717) is 47.5 Å². The van der Waals surface area contributed by atoms with Crippen LogP contribution in [0.2, 0.25) is 0 Å². The van der Waals surface area contributed by atoms with Gasteiger partial charge in [-0.3, -0.25) is 33.7 Å². The number of hydrogen-bond acceptors (Lipinski definition) is 11. The summed E-state index contributed by atoms with van der Waals surface area (Å²) in [7, 11) is 5.21. The number of nitrogens with one attached hydrogen (secondary N) is 2. The molecule has 4 aliphatic rings. The van der Waals surface area contributed by atoms with Gasteiger partial charge in [0.1, 0.15) is 23.2 Å². The number of pyridine rings is 1. The van der Waals surface area contributed by atoms with Crippen molar-refractivity contribution in [2.75, 3.05) is 68.5 Å². The summed E-state index contributed by atoms with van der Waals surface area (Å²) in [5.41, 5.74) is 3.80. The van der Waals surface area contributed by atoms with Crippen LogP contribution in [-0.4, -0.2) is 116 Å². The van der Waals surface area contributed by atoms with Crippen LogP contribution in [0.15, 0.2) is 47.5 Å². The van der Waals surface area contributed by atoms with E-state index in [1.807, 2.05) is 33.7 Å². The van der Waals surface area contributed by atoms with Crippen molar-refractivity contribution in [2.24, 2.45) is 7.05 Å². The first-order valence-electron chi connectivity index (χ1n) is 19.4. The number of amides is 3. The first kappa shape index (κ1) is 35.8. The average molecular weight is 765 g/mol. The van der Waals surface area contributed by atoms with Gasteiger partial charge in [0.2, 0.25) is 17.8 Å². The number of imide groups is 1. The molecule has 0 spiro atoms. The molecule has 16 nitrogen and oxygen atoms in total. The fourth-order valence-corrected chi connectivity index (χ4v) is 8.95. The number of carbonyl (C=O) groups excluding carboxylic acids is 3. The van der Waals surface area contributed by atoms with Gasteiger partial charge in [-0.1, -0.05) is 18.9 Å². The van der Waals surface area contributed by atoms with E-state index < -0.39 is 11.9 Å². The Balaban J connectivity index is 0.844. The summed E-state index contributed by atoms with van der Waals surface area (Å²) in [5.74, 6) is -0.656. The summed E-state index contributed by atoms with van der Waals surface area (Å²) in [4.78, 5) is 72.9. The van der Waals surface area contributed by atoms with Crippen LogP contribution in [-0.2, 0) is 16.6 Å². The van der Waals surface area contributed by atoms with Crippen molar-refractivity contribution in [3.8, 4) is 0 Å². The van der Waals surface area contributed by atoms with Crippen molar-refractivity contribution in [1.29, 1.82) is 0 Å². The number of fused-ring (bicyclic) bond motifs is 2. The molecule has 2 N–H and O–H groups in total. The maximum absolute atomic E-state index is 15.7. The maximum Gasteiger partial charge on any atom is 0.329 e. The minimum absolute atomic E-state index is 0.0809. The van der Waals surface area contributed by atoms with E-state index in [1.165, 1.54) is 10.6 Å². The van der Waals surface area contributed by atoms with Crippen molar-refractivity contribution >= 4 is 62.9 Å². The highest BCUT2D eigenvalue weighted by Crippen LogP contribution is 2.36. The summed E-state index contributed by atoms with van der Waals surface area (Å²) in [6.45, 7) is 4.37. The molecule has 1 aliphatic carbocycles. The molecule has 3 aliphatic heterocycles. The number of anilines is 4. The lowest BCUT2D eigenvalue weighted by Crippen LogP contribution is -2.63. The Morgan fingerprint density at radius 1 is 0.911 bits per heavy atom. The van der Waals surface area contributed by atoms with Gasteiger partial charge in [-0.2, -0.15) is 4.98 Å². The SMILES string of the molecule is CN(C)C(=O)c1cc2cnc(Nc3cc(F)c(N4CCN(C5CN(c6cccc7c6n(C)c(=O)n7C6CCC(=O)NC6=O)C5)CC4)cn3)nc2n1C1CCCC1. The second-order valence-electron chi connectivity index (χ2n) is 15.6. The molecule has 3 saturated heterocycles. The molecule has 1 aromatic carbocycles. The third-order valence-electron chi connectivity index (χ3n) is 11.9. The minimum Gasteiger partial charge on any atom is -0.367 e. The zero-order chi connectivity index (χ0) is 38.8. The van der Waals surface area contributed by atoms with Gasteiger partial charge in [-0.05, 0) is 37.5 Å². The molecule has 7 heterocycles. The summed E-state index contributed by atoms with van der Waals surface area (Å²) in [5, 5.41) is 6.23. The lowest BCUT2D eigenvalue weighted by atomic mass is 10.0. The van der Waals surface area contributed by atoms with Crippen LogP contribution in [0.25, 0.3) is 22.1 Å².